The lowest BCUT2D eigenvalue weighted by atomic mass is 9.97. The van der Waals surface area contributed by atoms with Gasteiger partial charge in [0.2, 0.25) is 5.95 Å². The maximum absolute atomic E-state index is 10.6. The molecule has 1 aliphatic rings. The van der Waals surface area contributed by atoms with E-state index in [1.807, 2.05) is 37.4 Å². The summed E-state index contributed by atoms with van der Waals surface area (Å²) in [6.07, 6.45) is 3.37. The third-order valence-corrected chi connectivity index (χ3v) is 5.02. The highest BCUT2D eigenvalue weighted by molar-refractivity contribution is 5.61. The maximum atomic E-state index is 10.6. The predicted octanol–water partition coefficient (Wildman–Crippen LogP) is 4.08. The molecular weight excluding hydrogens is 336 g/mol. The van der Waals surface area contributed by atoms with Crippen molar-refractivity contribution in [2.45, 2.75) is 25.2 Å². The molecule has 2 aromatic carbocycles. The Labute approximate surface area is 158 Å². The zero-order valence-corrected chi connectivity index (χ0v) is 15.3. The summed E-state index contributed by atoms with van der Waals surface area (Å²) in [7, 11) is 1.90. The van der Waals surface area contributed by atoms with Gasteiger partial charge in [0.15, 0.2) is 0 Å². The fourth-order valence-corrected chi connectivity index (χ4v) is 3.68. The molecule has 5 nitrogen and oxygen atoms in total. The van der Waals surface area contributed by atoms with Crippen molar-refractivity contribution >= 4 is 23.7 Å². The molecule has 0 radical (unpaired) electrons. The van der Waals surface area contributed by atoms with Crippen molar-refractivity contribution in [1.29, 1.82) is 0 Å². The summed E-state index contributed by atoms with van der Waals surface area (Å²) in [5.41, 5.74) is 5.49. The van der Waals surface area contributed by atoms with E-state index in [2.05, 4.69) is 39.9 Å². The standard InChI is InChI=1S/C22H22N4O/c1-23-21-19-12-11-18(16-5-3-2-4-6-16)20(19)25-22(26-21)24-17-9-7-15(8-10-17)13-14-27/h2-10,14,18H,11-13H2,1H3,(H2,23,24,25,26). The molecule has 0 bridgehead atoms. The number of aromatic nitrogens is 2. The van der Waals surface area contributed by atoms with E-state index >= 15 is 0 Å². The predicted molar refractivity (Wildman–Crippen MR) is 108 cm³/mol. The summed E-state index contributed by atoms with van der Waals surface area (Å²) < 4.78 is 0. The first-order valence-electron chi connectivity index (χ1n) is 9.21. The largest absolute Gasteiger partial charge is 0.373 e. The second kappa shape index (κ2) is 7.58. The highest BCUT2D eigenvalue weighted by Gasteiger charge is 2.29. The fourth-order valence-electron chi connectivity index (χ4n) is 3.68. The Hall–Kier alpha value is -3.21. The first kappa shape index (κ1) is 17.2. The van der Waals surface area contributed by atoms with E-state index in [0.29, 0.717) is 18.3 Å². The number of carbonyl (C=O) groups is 1. The van der Waals surface area contributed by atoms with Gasteiger partial charge in [-0.3, -0.25) is 0 Å². The second-order valence-corrected chi connectivity index (χ2v) is 6.70. The van der Waals surface area contributed by atoms with Crippen molar-refractivity contribution in [1.82, 2.24) is 9.97 Å². The summed E-state index contributed by atoms with van der Waals surface area (Å²) in [5, 5.41) is 6.52. The number of aldehydes is 1. The summed E-state index contributed by atoms with van der Waals surface area (Å²) in [6, 6.07) is 18.3. The molecule has 3 aromatic rings. The van der Waals surface area contributed by atoms with Gasteiger partial charge in [-0.25, -0.2) is 4.98 Å². The van der Waals surface area contributed by atoms with Crippen LogP contribution in [0.15, 0.2) is 54.6 Å². The number of hydrogen-bond donors (Lipinski definition) is 2. The molecule has 0 saturated heterocycles. The van der Waals surface area contributed by atoms with E-state index in [1.54, 1.807) is 0 Å². The Morgan fingerprint density at radius 1 is 1.07 bits per heavy atom. The molecule has 0 fully saturated rings. The number of nitrogens with zero attached hydrogens (tertiary/aromatic N) is 2. The molecule has 1 aromatic heterocycles. The van der Waals surface area contributed by atoms with Crippen LogP contribution in [0.2, 0.25) is 0 Å². The molecule has 0 aliphatic heterocycles. The third-order valence-electron chi connectivity index (χ3n) is 5.02. The van der Waals surface area contributed by atoms with Gasteiger partial charge in [-0.1, -0.05) is 42.5 Å². The van der Waals surface area contributed by atoms with Crippen LogP contribution in [0, 0.1) is 0 Å². The van der Waals surface area contributed by atoms with Gasteiger partial charge in [0.05, 0.1) is 5.69 Å². The van der Waals surface area contributed by atoms with Gasteiger partial charge in [-0.2, -0.15) is 4.98 Å². The molecule has 4 rings (SSSR count). The third kappa shape index (κ3) is 3.53. The van der Waals surface area contributed by atoms with Crippen LogP contribution < -0.4 is 10.6 Å². The van der Waals surface area contributed by atoms with Gasteiger partial charge in [0.25, 0.3) is 0 Å². The summed E-state index contributed by atoms with van der Waals surface area (Å²) >= 11 is 0. The number of anilines is 3. The Morgan fingerprint density at radius 2 is 1.85 bits per heavy atom. The first-order chi connectivity index (χ1) is 13.3. The van der Waals surface area contributed by atoms with E-state index in [-0.39, 0.29) is 0 Å². The SMILES string of the molecule is CNc1nc(Nc2ccc(CC=O)cc2)nc2c1CCC2c1ccccc1. The van der Waals surface area contributed by atoms with Crippen LogP contribution in [0.3, 0.4) is 0 Å². The second-order valence-electron chi connectivity index (χ2n) is 6.70. The normalized spacial score (nSPS) is 15.2. The average Bonchev–Trinajstić information content (AvgIpc) is 3.14. The monoisotopic (exact) mass is 358 g/mol. The molecule has 1 atom stereocenters. The van der Waals surface area contributed by atoms with Crippen LogP contribution in [-0.4, -0.2) is 23.3 Å². The van der Waals surface area contributed by atoms with Gasteiger partial charge in [-0.05, 0) is 36.1 Å². The minimum absolute atomic E-state index is 0.298. The van der Waals surface area contributed by atoms with Gasteiger partial charge in [-0.15, -0.1) is 0 Å². The highest BCUT2D eigenvalue weighted by atomic mass is 16.1. The summed E-state index contributed by atoms with van der Waals surface area (Å²) in [5.74, 6) is 1.77. The van der Waals surface area contributed by atoms with Gasteiger partial charge in [0, 0.05) is 30.6 Å². The van der Waals surface area contributed by atoms with Crippen molar-refractivity contribution < 1.29 is 4.79 Å². The van der Waals surface area contributed by atoms with E-state index in [9.17, 15) is 4.79 Å². The molecule has 1 heterocycles. The van der Waals surface area contributed by atoms with Crippen LogP contribution in [-0.2, 0) is 17.6 Å². The van der Waals surface area contributed by atoms with Crippen molar-refractivity contribution in [2.24, 2.45) is 0 Å². The van der Waals surface area contributed by atoms with E-state index in [1.165, 1.54) is 11.1 Å². The number of carbonyl (C=O) groups excluding carboxylic acids is 1. The van der Waals surface area contributed by atoms with Gasteiger partial charge >= 0.3 is 0 Å². The van der Waals surface area contributed by atoms with E-state index in [0.717, 1.165) is 41.9 Å². The van der Waals surface area contributed by atoms with Crippen LogP contribution in [0.5, 0.6) is 0 Å². The lowest BCUT2D eigenvalue weighted by Crippen LogP contribution is -2.07. The minimum Gasteiger partial charge on any atom is -0.373 e. The van der Waals surface area contributed by atoms with Gasteiger partial charge < -0.3 is 15.4 Å². The maximum Gasteiger partial charge on any atom is 0.229 e. The molecule has 5 heteroatoms. The van der Waals surface area contributed by atoms with Crippen LogP contribution in [0.25, 0.3) is 0 Å². The number of hydrogen-bond acceptors (Lipinski definition) is 5. The Bertz CT molecular complexity index is 939. The Balaban J connectivity index is 1.65. The van der Waals surface area contributed by atoms with Crippen LogP contribution in [0.1, 0.15) is 34.7 Å². The van der Waals surface area contributed by atoms with E-state index in [4.69, 9.17) is 4.98 Å². The lowest BCUT2D eigenvalue weighted by Gasteiger charge is -2.15. The zero-order chi connectivity index (χ0) is 18.6. The first-order valence-corrected chi connectivity index (χ1v) is 9.21. The van der Waals surface area contributed by atoms with Gasteiger partial charge in [0.1, 0.15) is 12.1 Å². The fraction of sp³-hybridized carbons (Fsp3) is 0.227. The van der Waals surface area contributed by atoms with Crippen molar-refractivity contribution in [3.8, 4) is 0 Å². The summed E-state index contributed by atoms with van der Waals surface area (Å²) in [6.45, 7) is 0. The number of rotatable bonds is 6. The molecule has 2 N–H and O–H groups in total. The molecule has 1 aliphatic carbocycles. The highest BCUT2D eigenvalue weighted by Crippen LogP contribution is 2.40. The lowest BCUT2D eigenvalue weighted by molar-refractivity contribution is -0.107. The summed E-state index contributed by atoms with van der Waals surface area (Å²) in [4.78, 5) is 20.1. The van der Waals surface area contributed by atoms with Crippen molar-refractivity contribution in [3.63, 3.8) is 0 Å². The number of fused-ring (bicyclic) bond motifs is 1. The van der Waals surface area contributed by atoms with Crippen LogP contribution in [0.4, 0.5) is 17.5 Å². The Morgan fingerprint density at radius 3 is 2.56 bits per heavy atom. The topological polar surface area (TPSA) is 66.9 Å². The smallest absolute Gasteiger partial charge is 0.229 e. The van der Waals surface area contributed by atoms with Crippen molar-refractivity contribution in [3.05, 3.63) is 77.0 Å². The number of nitrogens with one attached hydrogen (secondary N) is 2. The molecule has 0 spiro atoms. The molecular formula is C22H22N4O. The molecule has 1 unspecified atom stereocenters. The van der Waals surface area contributed by atoms with Crippen LogP contribution >= 0.6 is 0 Å². The van der Waals surface area contributed by atoms with Crippen molar-refractivity contribution in [2.75, 3.05) is 17.7 Å². The molecule has 0 saturated carbocycles. The van der Waals surface area contributed by atoms with E-state index < -0.39 is 0 Å². The zero-order valence-electron chi connectivity index (χ0n) is 15.3. The molecule has 27 heavy (non-hydrogen) atoms. The molecule has 136 valence electrons. The quantitative estimate of drug-likeness (QED) is 0.650. The number of benzene rings is 2. The average molecular weight is 358 g/mol. The minimum atomic E-state index is 0.298. The molecule has 0 amide bonds. The Kier molecular flexibility index (Phi) is 4.83.